The third-order valence-electron chi connectivity index (χ3n) is 2.33. The molecule has 0 heterocycles. The maximum absolute atomic E-state index is 11.9. The molecule has 0 fully saturated rings. The van der Waals surface area contributed by atoms with E-state index in [0.29, 0.717) is 0 Å². The second-order valence-electron chi connectivity index (χ2n) is 3.68. The monoisotopic (exact) mass is 321 g/mol. The van der Waals surface area contributed by atoms with Crippen LogP contribution in [0.4, 0.5) is 5.69 Å². The summed E-state index contributed by atoms with van der Waals surface area (Å²) >= 11 is 0. The summed E-state index contributed by atoms with van der Waals surface area (Å²) in [5.74, 6) is -2.03. The van der Waals surface area contributed by atoms with Crippen LogP contribution < -0.4 is 0 Å². The van der Waals surface area contributed by atoms with Crippen LogP contribution in [0.15, 0.2) is 28.0 Å². The molecule has 1 unspecified atom stereocenters. The van der Waals surface area contributed by atoms with Crippen LogP contribution in [0.2, 0.25) is 0 Å². The summed E-state index contributed by atoms with van der Waals surface area (Å²) in [6.45, 7) is 0. The van der Waals surface area contributed by atoms with E-state index in [1.807, 2.05) is 0 Å². The van der Waals surface area contributed by atoms with Gasteiger partial charge in [0.25, 0.3) is 5.69 Å². The fourth-order valence-electron chi connectivity index (χ4n) is 1.37. The van der Waals surface area contributed by atoms with Crippen molar-refractivity contribution >= 4 is 32.3 Å². The number of nitro groups is 1. The average molecular weight is 321 g/mol. The van der Waals surface area contributed by atoms with Crippen molar-refractivity contribution in [2.75, 3.05) is 19.1 Å². The molecule has 1 rings (SSSR count). The number of methoxy groups -OCH3 is 1. The number of carbonyl (C=O) groups is 1. The van der Waals surface area contributed by atoms with Crippen molar-refractivity contribution in [3.63, 3.8) is 0 Å². The number of hydrogen-bond acceptors (Lipinski definition) is 7. The largest absolute Gasteiger partial charge is 0.468 e. The zero-order chi connectivity index (χ0) is 15.5. The Bertz CT molecular complexity index is 681. The topological polar surface area (TPSA) is 121 Å². The van der Waals surface area contributed by atoms with Crippen molar-refractivity contribution in [2.24, 2.45) is 0 Å². The second-order valence-corrected chi connectivity index (χ2v) is 7.01. The first kappa shape index (κ1) is 16.2. The van der Waals surface area contributed by atoms with E-state index in [1.54, 1.807) is 0 Å². The number of nitrogens with zero attached hydrogens (tertiary/aromatic N) is 1. The number of ether oxygens (including phenoxy) is 1. The highest BCUT2D eigenvalue weighted by molar-refractivity contribution is 7.92. The average Bonchev–Trinajstić information content (AvgIpc) is 2.37. The molecule has 0 aliphatic carbocycles. The maximum Gasteiger partial charge on any atom is 0.321 e. The highest BCUT2D eigenvalue weighted by Crippen LogP contribution is 2.27. The molecule has 0 aliphatic heterocycles. The van der Waals surface area contributed by atoms with E-state index < -0.39 is 47.9 Å². The molecule has 1 aromatic rings. The second kappa shape index (κ2) is 6.09. The number of rotatable bonds is 5. The Morgan fingerprint density at radius 2 is 2.05 bits per heavy atom. The molecule has 0 saturated heterocycles. The van der Waals surface area contributed by atoms with Gasteiger partial charge < -0.3 is 4.74 Å². The van der Waals surface area contributed by atoms with E-state index >= 15 is 0 Å². The molecular weight excluding hydrogens is 310 g/mol. The zero-order valence-electron chi connectivity index (χ0n) is 10.6. The van der Waals surface area contributed by atoms with Gasteiger partial charge in [-0.1, -0.05) is 0 Å². The molecule has 10 heteroatoms. The number of benzene rings is 1. The minimum atomic E-state index is -4.20. The van der Waals surface area contributed by atoms with Crippen LogP contribution in [0.1, 0.15) is 0 Å². The Kier molecular flexibility index (Phi) is 4.95. The first-order valence-corrected chi connectivity index (χ1v) is 8.31. The minimum Gasteiger partial charge on any atom is -0.468 e. The van der Waals surface area contributed by atoms with Gasteiger partial charge in [-0.15, -0.1) is 0 Å². The predicted octanol–water partition coefficient (Wildman–Crippen LogP) is 0.279. The van der Waals surface area contributed by atoms with Crippen LogP contribution in [0, 0.1) is 10.1 Å². The normalized spacial score (nSPS) is 12.7. The smallest absolute Gasteiger partial charge is 0.321 e. The molecule has 1 atom stereocenters. The summed E-state index contributed by atoms with van der Waals surface area (Å²) < 4.78 is 39.4. The van der Waals surface area contributed by atoms with E-state index in [9.17, 15) is 27.5 Å². The highest BCUT2D eigenvalue weighted by atomic mass is 32.2. The van der Waals surface area contributed by atoms with Gasteiger partial charge in [0.1, 0.15) is 4.90 Å². The van der Waals surface area contributed by atoms with Crippen molar-refractivity contribution in [1.82, 2.24) is 0 Å². The Morgan fingerprint density at radius 3 is 2.50 bits per heavy atom. The van der Waals surface area contributed by atoms with Crippen LogP contribution in [-0.4, -0.2) is 42.6 Å². The molecule has 0 radical (unpaired) electrons. The molecule has 0 spiro atoms. The van der Waals surface area contributed by atoms with Gasteiger partial charge >= 0.3 is 5.97 Å². The lowest BCUT2D eigenvalue weighted by molar-refractivity contribution is -0.388. The third kappa shape index (κ3) is 3.61. The van der Waals surface area contributed by atoms with Crippen molar-refractivity contribution in [3.05, 3.63) is 28.3 Å². The quantitative estimate of drug-likeness (QED) is 0.434. The minimum absolute atomic E-state index is 0.119. The van der Waals surface area contributed by atoms with Gasteiger partial charge in [0.05, 0.1) is 22.8 Å². The maximum atomic E-state index is 11.9. The molecular formula is C10H11NO7S2. The SMILES string of the molecule is COC(=O)CS(=O)(=O)c1ccc(S(C)=O)cc1[N+](=O)[O-]. The van der Waals surface area contributed by atoms with E-state index in [1.165, 1.54) is 12.3 Å². The lowest BCUT2D eigenvalue weighted by Gasteiger charge is -2.05. The van der Waals surface area contributed by atoms with Crippen LogP contribution in [0.25, 0.3) is 0 Å². The summed E-state index contributed by atoms with van der Waals surface area (Å²) in [5.41, 5.74) is -0.721. The third-order valence-corrected chi connectivity index (χ3v) is 4.88. The Balaban J connectivity index is 3.41. The summed E-state index contributed by atoms with van der Waals surface area (Å²) in [5, 5.41) is 10.9. The van der Waals surface area contributed by atoms with Crippen molar-refractivity contribution in [2.45, 2.75) is 9.79 Å². The van der Waals surface area contributed by atoms with Gasteiger partial charge in [-0.05, 0) is 12.1 Å². The Hall–Kier alpha value is -1.81. The molecule has 0 saturated carbocycles. The van der Waals surface area contributed by atoms with Gasteiger partial charge in [-0.25, -0.2) is 8.42 Å². The first-order valence-electron chi connectivity index (χ1n) is 5.10. The number of nitro benzene ring substituents is 1. The number of sulfone groups is 1. The van der Waals surface area contributed by atoms with E-state index in [-0.39, 0.29) is 4.90 Å². The van der Waals surface area contributed by atoms with Crippen LogP contribution in [0.3, 0.4) is 0 Å². The molecule has 8 nitrogen and oxygen atoms in total. The molecule has 0 aliphatic rings. The van der Waals surface area contributed by atoms with E-state index in [4.69, 9.17) is 0 Å². The van der Waals surface area contributed by atoms with E-state index in [0.717, 1.165) is 19.2 Å². The number of carbonyl (C=O) groups excluding carboxylic acids is 1. The summed E-state index contributed by atoms with van der Waals surface area (Å²) in [6.07, 6.45) is 1.31. The summed E-state index contributed by atoms with van der Waals surface area (Å²) in [4.78, 5) is 20.6. The highest BCUT2D eigenvalue weighted by Gasteiger charge is 2.29. The number of hydrogen-bond donors (Lipinski definition) is 0. The number of esters is 1. The van der Waals surface area contributed by atoms with Crippen LogP contribution >= 0.6 is 0 Å². The molecule has 0 N–H and O–H groups in total. The van der Waals surface area contributed by atoms with E-state index in [2.05, 4.69) is 4.74 Å². The van der Waals surface area contributed by atoms with Gasteiger partial charge in [-0.3, -0.25) is 19.1 Å². The van der Waals surface area contributed by atoms with Crippen LogP contribution in [0.5, 0.6) is 0 Å². The lowest BCUT2D eigenvalue weighted by atomic mass is 10.3. The Labute approximate surface area is 117 Å². The fourth-order valence-corrected chi connectivity index (χ4v) is 3.22. The molecule has 0 bridgehead atoms. The molecule has 0 amide bonds. The lowest BCUT2D eigenvalue weighted by Crippen LogP contribution is -2.18. The van der Waals surface area contributed by atoms with Gasteiger partial charge in [0.15, 0.2) is 15.6 Å². The van der Waals surface area contributed by atoms with Crippen LogP contribution in [-0.2, 0) is 30.2 Å². The zero-order valence-corrected chi connectivity index (χ0v) is 12.2. The summed E-state index contributed by atoms with van der Waals surface area (Å²) in [7, 11) is -4.69. The Morgan fingerprint density at radius 1 is 1.45 bits per heavy atom. The summed E-state index contributed by atoms with van der Waals surface area (Å²) in [6, 6.07) is 3.08. The molecule has 1 aromatic carbocycles. The fraction of sp³-hybridized carbons (Fsp3) is 0.300. The van der Waals surface area contributed by atoms with Crippen molar-refractivity contribution < 1.29 is 27.1 Å². The molecule has 110 valence electrons. The molecule has 20 heavy (non-hydrogen) atoms. The standard InChI is InChI=1S/C10H11NO7S2/c1-18-10(12)6-20(16,17)9-4-3-7(19(2)15)5-8(9)11(13)14/h3-5H,6H2,1-2H3. The van der Waals surface area contributed by atoms with Crippen molar-refractivity contribution in [1.29, 1.82) is 0 Å². The predicted molar refractivity (Wildman–Crippen MR) is 69.5 cm³/mol. The van der Waals surface area contributed by atoms with Gasteiger partial charge in [0, 0.05) is 17.2 Å². The van der Waals surface area contributed by atoms with Crippen molar-refractivity contribution in [3.8, 4) is 0 Å². The van der Waals surface area contributed by atoms with Gasteiger partial charge in [-0.2, -0.15) is 0 Å². The molecule has 0 aromatic heterocycles. The first-order chi connectivity index (χ1) is 9.19. The van der Waals surface area contributed by atoms with Gasteiger partial charge in [0.2, 0.25) is 0 Å².